The minimum atomic E-state index is -0.981. The average Bonchev–Trinajstić information content (AvgIpc) is 1.91. The summed E-state index contributed by atoms with van der Waals surface area (Å²) in [6, 6.07) is 0. The average molecular weight is 148 g/mol. The minimum absolute atomic E-state index is 0.156. The molecule has 0 aliphatic carbocycles. The van der Waals surface area contributed by atoms with E-state index in [4.69, 9.17) is 5.11 Å². The van der Waals surface area contributed by atoms with Crippen molar-refractivity contribution in [1.82, 2.24) is 0 Å². The van der Waals surface area contributed by atoms with Crippen molar-refractivity contribution in [3.05, 3.63) is 12.7 Å². The molecule has 0 heterocycles. The molecule has 0 fully saturated rings. The van der Waals surface area contributed by atoms with Gasteiger partial charge in [0.2, 0.25) is 0 Å². The summed E-state index contributed by atoms with van der Waals surface area (Å²) >= 11 is 0. The van der Waals surface area contributed by atoms with E-state index in [0.717, 1.165) is 18.9 Å². The van der Waals surface area contributed by atoms with E-state index in [1.54, 1.807) is 0 Å². The van der Waals surface area contributed by atoms with Crippen LogP contribution in [0, 0.1) is 0 Å². The highest BCUT2D eigenvalue weighted by molar-refractivity contribution is 5.78. The van der Waals surface area contributed by atoms with Gasteiger partial charge in [0.25, 0.3) is 0 Å². The lowest BCUT2D eigenvalue weighted by atomic mass is 10.4. The summed E-state index contributed by atoms with van der Waals surface area (Å²) in [6.07, 6.45) is 2.52. The fraction of sp³-hybridized carbons (Fsp3) is 0.571. The zero-order valence-electron chi connectivity index (χ0n) is 6.14. The highest BCUT2D eigenvalue weighted by Gasteiger charge is 1.73. The third kappa shape index (κ3) is 27.3. The van der Waals surface area contributed by atoms with Crippen LogP contribution in [0.3, 0.4) is 0 Å². The van der Waals surface area contributed by atoms with E-state index in [2.05, 4.69) is 6.58 Å². The number of unbranched alkanes of at least 4 members (excludes halogenated alkanes) is 1. The lowest BCUT2D eigenvalue weighted by molar-refractivity contribution is -0.131. The van der Waals surface area contributed by atoms with Crippen molar-refractivity contribution in [1.29, 1.82) is 0 Å². The maximum atomic E-state index is 11.0. The Morgan fingerprint density at radius 1 is 1.80 bits per heavy atom. The maximum absolute atomic E-state index is 11.0. The largest absolute Gasteiger partial charge is 0.478 e. The molecule has 0 radical (unpaired) electrons. The summed E-state index contributed by atoms with van der Waals surface area (Å²) in [5.74, 6) is -0.981. The van der Waals surface area contributed by atoms with Gasteiger partial charge in [-0.15, -0.1) is 0 Å². The van der Waals surface area contributed by atoms with Gasteiger partial charge >= 0.3 is 5.97 Å². The molecular weight excluding hydrogens is 135 g/mol. The van der Waals surface area contributed by atoms with E-state index in [9.17, 15) is 9.18 Å². The van der Waals surface area contributed by atoms with Crippen molar-refractivity contribution in [2.24, 2.45) is 0 Å². The van der Waals surface area contributed by atoms with Gasteiger partial charge in [0.15, 0.2) is 0 Å². The van der Waals surface area contributed by atoms with Gasteiger partial charge in [-0.3, -0.25) is 4.39 Å². The Balaban J connectivity index is 0. The van der Waals surface area contributed by atoms with Gasteiger partial charge in [-0.25, -0.2) is 4.79 Å². The quantitative estimate of drug-likeness (QED) is 0.621. The molecule has 0 bridgehead atoms. The van der Waals surface area contributed by atoms with E-state index in [0.29, 0.717) is 0 Å². The fourth-order valence-corrected chi connectivity index (χ4v) is 0.134. The first kappa shape index (κ1) is 11.9. The number of alkyl halides is 1. The van der Waals surface area contributed by atoms with E-state index < -0.39 is 5.97 Å². The van der Waals surface area contributed by atoms with Crippen LogP contribution in [-0.4, -0.2) is 17.8 Å². The summed E-state index contributed by atoms with van der Waals surface area (Å²) in [4.78, 5) is 9.25. The summed E-state index contributed by atoms with van der Waals surface area (Å²) in [5, 5.41) is 7.60. The number of carboxylic acids is 1. The first-order chi connectivity index (χ1) is 4.68. The van der Waals surface area contributed by atoms with E-state index in [1.165, 1.54) is 0 Å². The Kier molecular flexibility index (Phi) is 13.1. The Morgan fingerprint density at radius 2 is 2.20 bits per heavy atom. The van der Waals surface area contributed by atoms with Gasteiger partial charge in [-0.1, -0.05) is 19.9 Å². The second-order valence-corrected chi connectivity index (χ2v) is 1.58. The normalized spacial score (nSPS) is 7.40. The fourth-order valence-electron chi connectivity index (χ4n) is 0.134. The maximum Gasteiger partial charge on any atom is 0.327 e. The zero-order chi connectivity index (χ0) is 8.41. The molecule has 0 spiro atoms. The number of halogens is 1. The first-order valence-corrected chi connectivity index (χ1v) is 3.10. The molecule has 1 N–H and O–H groups in total. The Morgan fingerprint density at radius 3 is 2.20 bits per heavy atom. The molecule has 0 rings (SSSR count). The smallest absolute Gasteiger partial charge is 0.327 e. The Hall–Kier alpha value is -0.860. The van der Waals surface area contributed by atoms with Crippen molar-refractivity contribution >= 4 is 5.97 Å². The number of carboxylic acid groups (broad SMARTS) is 1. The molecule has 60 valence electrons. The Labute approximate surface area is 60.4 Å². The van der Waals surface area contributed by atoms with Crippen molar-refractivity contribution in [3.8, 4) is 0 Å². The predicted molar refractivity (Wildman–Crippen MR) is 38.7 cm³/mol. The molecule has 2 nitrogen and oxygen atoms in total. The lowest BCUT2D eigenvalue weighted by Gasteiger charge is -1.76. The van der Waals surface area contributed by atoms with Crippen molar-refractivity contribution in [2.45, 2.75) is 19.8 Å². The van der Waals surface area contributed by atoms with Crippen LogP contribution >= 0.6 is 0 Å². The molecule has 0 aromatic heterocycles. The summed E-state index contributed by atoms with van der Waals surface area (Å²) in [5.41, 5.74) is 0. The molecule has 0 unspecified atom stereocenters. The molecule has 10 heavy (non-hydrogen) atoms. The zero-order valence-corrected chi connectivity index (χ0v) is 6.14. The summed E-state index contributed by atoms with van der Waals surface area (Å²) < 4.78 is 11.0. The van der Waals surface area contributed by atoms with Gasteiger partial charge in [-0.2, -0.15) is 0 Å². The summed E-state index contributed by atoms with van der Waals surface area (Å²) in [6.45, 7) is 4.78. The summed E-state index contributed by atoms with van der Waals surface area (Å²) in [7, 11) is 0. The topological polar surface area (TPSA) is 37.3 Å². The van der Waals surface area contributed by atoms with Gasteiger partial charge < -0.3 is 5.11 Å². The van der Waals surface area contributed by atoms with Crippen LogP contribution in [0.25, 0.3) is 0 Å². The van der Waals surface area contributed by atoms with Crippen LogP contribution in [0.2, 0.25) is 0 Å². The molecule has 0 aromatic rings. The van der Waals surface area contributed by atoms with Crippen LogP contribution in [-0.2, 0) is 4.79 Å². The Bertz CT molecular complexity index is 89.6. The molecule has 0 aromatic carbocycles. The third-order valence-corrected chi connectivity index (χ3v) is 0.662. The second-order valence-electron chi connectivity index (χ2n) is 1.58. The number of hydrogen-bond donors (Lipinski definition) is 1. The number of rotatable bonds is 3. The molecule has 0 saturated heterocycles. The van der Waals surface area contributed by atoms with Crippen LogP contribution in [0.15, 0.2) is 12.7 Å². The molecule has 0 saturated carbocycles. The first-order valence-electron chi connectivity index (χ1n) is 3.10. The van der Waals surface area contributed by atoms with Gasteiger partial charge in [-0.05, 0) is 6.42 Å². The van der Waals surface area contributed by atoms with Crippen molar-refractivity contribution < 1.29 is 14.3 Å². The van der Waals surface area contributed by atoms with E-state index >= 15 is 0 Å². The van der Waals surface area contributed by atoms with Crippen LogP contribution in [0.1, 0.15) is 19.8 Å². The lowest BCUT2D eigenvalue weighted by Crippen LogP contribution is -1.82. The second kappa shape index (κ2) is 11.0. The van der Waals surface area contributed by atoms with E-state index in [-0.39, 0.29) is 6.67 Å². The monoisotopic (exact) mass is 148 g/mol. The van der Waals surface area contributed by atoms with Crippen LogP contribution < -0.4 is 0 Å². The molecule has 0 aliphatic heterocycles. The number of aliphatic carboxylic acids is 1. The third-order valence-electron chi connectivity index (χ3n) is 0.662. The van der Waals surface area contributed by atoms with E-state index in [1.807, 2.05) is 6.92 Å². The predicted octanol–water partition coefficient (Wildman–Crippen LogP) is 2.01. The van der Waals surface area contributed by atoms with Gasteiger partial charge in [0.1, 0.15) is 0 Å². The molecular formula is C7H13FO2. The van der Waals surface area contributed by atoms with Crippen molar-refractivity contribution in [3.63, 3.8) is 0 Å². The highest BCUT2D eigenvalue weighted by atomic mass is 19.1. The van der Waals surface area contributed by atoms with Crippen molar-refractivity contribution in [2.75, 3.05) is 6.67 Å². The molecule has 0 aliphatic rings. The number of hydrogen-bond acceptors (Lipinski definition) is 1. The van der Waals surface area contributed by atoms with Crippen LogP contribution in [0.4, 0.5) is 4.39 Å². The highest BCUT2D eigenvalue weighted by Crippen LogP contribution is 1.83. The molecule has 3 heteroatoms. The minimum Gasteiger partial charge on any atom is -0.478 e. The van der Waals surface area contributed by atoms with Crippen LogP contribution in [0.5, 0.6) is 0 Å². The van der Waals surface area contributed by atoms with Gasteiger partial charge in [0.05, 0.1) is 6.67 Å². The molecule has 0 atom stereocenters. The molecule has 0 amide bonds. The van der Waals surface area contributed by atoms with Gasteiger partial charge in [0, 0.05) is 6.08 Å². The SMILES string of the molecule is C=CC(=O)O.CCCCF. The number of carbonyl (C=O) groups is 1. The standard InChI is InChI=1S/C4H9F.C3H4O2/c1-2-3-4-5;1-2-3(4)5/h2-4H2,1H3;2H,1H2,(H,4,5).